The molecule has 5 nitrogen and oxygen atoms in total. The molecule has 0 radical (unpaired) electrons. The standard InChI is InChI=1S/C18H25N5/c1-14-6-4-5-7-16(14)15-8-10-23(13-15)18(19-2)21-12-17-20-9-11-22(17)3/h4-7,9,11,15H,8,10,12-13H2,1-3H3,(H,19,21). The zero-order valence-electron chi connectivity index (χ0n) is 14.2. The van der Waals surface area contributed by atoms with Crippen LogP contribution in [0.3, 0.4) is 0 Å². The van der Waals surface area contributed by atoms with Gasteiger partial charge in [-0.05, 0) is 24.5 Å². The minimum Gasteiger partial charge on any atom is -0.349 e. The first kappa shape index (κ1) is 15.6. The summed E-state index contributed by atoms with van der Waals surface area (Å²) in [7, 11) is 3.86. The molecule has 5 heteroatoms. The van der Waals surface area contributed by atoms with Gasteiger partial charge in [0, 0.05) is 45.5 Å². The second-order valence-electron chi connectivity index (χ2n) is 6.14. The summed E-state index contributed by atoms with van der Waals surface area (Å²) in [5.74, 6) is 2.56. The monoisotopic (exact) mass is 311 g/mol. The average Bonchev–Trinajstić information content (AvgIpc) is 3.18. The third kappa shape index (κ3) is 3.38. The predicted molar refractivity (Wildman–Crippen MR) is 93.5 cm³/mol. The van der Waals surface area contributed by atoms with Gasteiger partial charge in [0.15, 0.2) is 5.96 Å². The molecule has 3 rings (SSSR count). The number of aryl methyl sites for hydroxylation is 2. The molecule has 1 aliphatic heterocycles. The largest absolute Gasteiger partial charge is 0.349 e. The molecule has 0 amide bonds. The van der Waals surface area contributed by atoms with Crippen molar-refractivity contribution < 1.29 is 0 Å². The van der Waals surface area contributed by atoms with E-state index >= 15 is 0 Å². The minimum absolute atomic E-state index is 0.586. The van der Waals surface area contributed by atoms with E-state index in [1.54, 1.807) is 0 Å². The van der Waals surface area contributed by atoms with Gasteiger partial charge in [-0.3, -0.25) is 4.99 Å². The van der Waals surface area contributed by atoms with E-state index in [9.17, 15) is 0 Å². The topological polar surface area (TPSA) is 45.5 Å². The summed E-state index contributed by atoms with van der Waals surface area (Å²) < 4.78 is 2.03. The third-order valence-corrected chi connectivity index (χ3v) is 4.65. The van der Waals surface area contributed by atoms with E-state index < -0.39 is 0 Å². The summed E-state index contributed by atoms with van der Waals surface area (Å²) in [4.78, 5) is 11.1. The van der Waals surface area contributed by atoms with Crippen LogP contribution in [0.15, 0.2) is 41.7 Å². The second-order valence-corrected chi connectivity index (χ2v) is 6.14. The summed E-state index contributed by atoms with van der Waals surface area (Å²) in [6, 6.07) is 8.71. The Morgan fingerprint density at radius 1 is 1.39 bits per heavy atom. The average molecular weight is 311 g/mol. The summed E-state index contributed by atoms with van der Waals surface area (Å²) in [6.07, 6.45) is 4.96. The number of rotatable bonds is 3. The molecule has 1 aromatic heterocycles. The Bertz CT molecular complexity index is 688. The fourth-order valence-electron chi connectivity index (χ4n) is 3.31. The highest BCUT2D eigenvalue weighted by Gasteiger charge is 2.26. The van der Waals surface area contributed by atoms with Crippen molar-refractivity contribution in [2.75, 3.05) is 20.1 Å². The van der Waals surface area contributed by atoms with Crippen LogP contribution in [0.1, 0.15) is 29.3 Å². The molecule has 0 aliphatic carbocycles. The van der Waals surface area contributed by atoms with Gasteiger partial charge in [-0.2, -0.15) is 0 Å². The lowest BCUT2D eigenvalue weighted by molar-refractivity contribution is 0.483. The number of guanidine groups is 1. The minimum atomic E-state index is 0.586. The molecular weight excluding hydrogens is 286 g/mol. The first-order valence-electron chi connectivity index (χ1n) is 8.16. The van der Waals surface area contributed by atoms with Crippen LogP contribution in [0.5, 0.6) is 0 Å². The van der Waals surface area contributed by atoms with Crippen molar-refractivity contribution >= 4 is 5.96 Å². The van der Waals surface area contributed by atoms with Crippen LogP contribution in [0.25, 0.3) is 0 Å². The Morgan fingerprint density at radius 2 is 2.22 bits per heavy atom. The van der Waals surface area contributed by atoms with Crippen LogP contribution in [0.4, 0.5) is 0 Å². The first-order chi connectivity index (χ1) is 11.2. The number of likely N-dealkylation sites (tertiary alicyclic amines) is 1. The van der Waals surface area contributed by atoms with Crippen molar-refractivity contribution in [2.45, 2.75) is 25.8 Å². The Morgan fingerprint density at radius 3 is 2.91 bits per heavy atom. The molecule has 1 fully saturated rings. The Kier molecular flexibility index (Phi) is 4.65. The van der Waals surface area contributed by atoms with E-state index in [1.165, 1.54) is 17.5 Å². The molecule has 1 saturated heterocycles. The van der Waals surface area contributed by atoms with Crippen LogP contribution < -0.4 is 5.32 Å². The van der Waals surface area contributed by atoms with Gasteiger partial charge in [-0.1, -0.05) is 24.3 Å². The van der Waals surface area contributed by atoms with Crippen molar-refractivity contribution in [1.29, 1.82) is 0 Å². The van der Waals surface area contributed by atoms with Crippen LogP contribution in [-0.2, 0) is 13.6 Å². The Hall–Kier alpha value is -2.30. The molecule has 2 aromatic rings. The maximum absolute atomic E-state index is 4.44. The van der Waals surface area contributed by atoms with Gasteiger partial charge in [0.1, 0.15) is 5.82 Å². The molecular formula is C18H25N5. The maximum Gasteiger partial charge on any atom is 0.194 e. The lowest BCUT2D eigenvalue weighted by atomic mass is 9.94. The van der Waals surface area contributed by atoms with Gasteiger partial charge in [0.05, 0.1) is 6.54 Å². The predicted octanol–water partition coefficient (Wildman–Crippen LogP) is 2.29. The van der Waals surface area contributed by atoms with Crippen LogP contribution in [0.2, 0.25) is 0 Å². The van der Waals surface area contributed by atoms with Crippen molar-refractivity contribution in [3.63, 3.8) is 0 Å². The molecule has 1 N–H and O–H groups in total. The lowest BCUT2D eigenvalue weighted by Crippen LogP contribution is -2.40. The molecule has 0 bridgehead atoms. The van der Waals surface area contributed by atoms with Gasteiger partial charge >= 0.3 is 0 Å². The van der Waals surface area contributed by atoms with Crippen LogP contribution in [0, 0.1) is 6.92 Å². The zero-order valence-corrected chi connectivity index (χ0v) is 14.2. The normalized spacial score (nSPS) is 18.5. The molecule has 1 aliphatic rings. The summed E-state index contributed by atoms with van der Waals surface area (Å²) in [5, 5.41) is 3.43. The van der Waals surface area contributed by atoms with Crippen molar-refractivity contribution in [3.05, 3.63) is 53.6 Å². The van der Waals surface area contributed by atoms with E-state index in [-0.39, 0.29) is 0 Å². The SMILES string of the molecule is CN=C(NCc1nccn1C)N1CCC(c2ccccc2C)C1. The number of aliphatic imine (C=N–C) groups is 1. The van der Waals surface area contributed by atoms with E-state index in [0.717, 1.165) is 24.9 Å². The molecule has 23 heavy (non-hydrogen) atoms. The molecule has 122 valence electrons. The van der Waals surface area contributed by atoms with E-state index in [4.69, 9.17) is 0 Å². The maximum atomic E-state index is 4.44. The smallest absolute Gasteiger partial charge is 0.194 e. The number of nitrogens with one attached hydrogen (secondary N) is 1. The highest BCUT2D eigenvalue weighted by atomic mass is 15.3. The highest BCUT2D eigenvalue weighted by Crippen LogP contribution is 2.29. The van der Waals surface area contributed by atoms with Crippen molar-refractivity contribution in [1.82, 2.24) is 19.8 Å². The number of benzene rings is 1. The number of hydrogen-bond acceptors (Lipinski definition) is 2. The van der Waals surface area contributed by atoms with Gasteiger partial charge in [-0.15, -0.1) is 0 Å². The van der Waals surface area contributed by atoms with Gasteiger partial charge < -0.3 is 14.8 Å². The van der Waals surface area contributed by atoms with Crippen LogP contribution in [-0.4, -0.2) is 40.5 Å². The molecule has 1 atom stereocenters. The zero-order chi connectivity index (χ0) is 16.2. The number of imidazole rings is 1. The summed E-state index contributed by atoms with van der Waals surface area (Å²) in [5.41, 5.74) is 2.85. The fourth-order valence-corrected chi connectivity index (χ4v) is 3.31. The molecule has 2 heterocycles. The molecule has 1 aromatic carbocycles. The molecule has 1 unspecified atom stereocenters. The van der Waals surface area contributed by atoms with Crippen molar-refractivity contribution in [2.24, 2.45) is 12.0 Å². The Labute approximate surface area is 138 Å². The number of aromatic nitrogens is 2. The van der Waals surface area contributed by atoms with Crippen LogP contribution >= 0.6 is 0 Å². The second kappa shape index (κ2) is 6.86. The van der Waals surface area contributed by atoms with E-state index in [0.29, 0.717) is 12.5 Å². The fraction of sp³-hybridized carbons (Fsp3) is 0.444. The molecule has 0 spiro atoms. The molecule has 0 saturated carbocycles. The van der Waals surface area contributed by atoms with Gasteiger partial charge in [-0.25, -0.2) is 4.98 Å². The van der Waals surface area contributed by atoms with Crippen molar-refractivity contribution in [3.8, 4) is 0 Å². The summed E-state index contributed by atoms with van der Waals surface area (Å²) >= 11 is 0. The quantitative estimate of drug-likeness (QED) is 0.699. The Balaban J connectivity index is 1.63. The number of hydrogen-bond donors (Lipinski definition) is 1. The number of nitrogens with zero attached hydrogens (tertiary/aromatic N) is 4. The lowest BCUT2D eigenvalue weighted by Gasteiger charge is -2.22. The summed E-state index contributed by atoms with van der Waals surface area (Å²) in [6.45, 7) is 4.96. The van der Waals surface area contributed by atoms with E-state index in [1.807, 2.05) is 31.1 Å². The van der Waals surface area contributed by atoms with E-state index in [2.05, 4.69) is 51.4 Å². The van der Waals surface area contributed by atoms with Gasteiger partial charge in [0.25, 0.3) is 0 Å². The first-order valence-corrected chi connectivity index (χ1v) is 8.16. The third-order valence-electron chi connectivity index (χ3n) is 4.65. The highest BCUT2D eigenvalue weighted by molar-refractivity contribution is 5.80. The van der Waals surface area contributed by atoms with Gasteiger partial charge in [0.2, 0.25) is 0 Å².